The van der Waals surface area contributed by atoms with Crippen LogP contribution in [0.2, 0.25) is 0 Å². The number of hydrogen-bond donors (Lipinski definition) is 3. The van der Waals surface area contributed by atoms with Gasteiger partial charge < -0.3 is 20.7 Å². The minimum atomic E-state index is -0.706. The first-order chi connectivity index (χ1) is 10.8. The van der Waals surface area contributed by atoms with Gasteiger partial charge in [-0.25, -0.2) is 9.18 Å². The van der Waals surface area contributed by atoms with Gasteiger partial charge in [0.15, 0.2) is 0 Å². The Labute approximate surface area is 137 Å². The van der Waals surface area contributed by atoms with Crippen LogP contribution < -0.4 is 16.0 Å². The molecule has 1 heterocycles. The van der Waals surface area contributed by atoms with Crippen molar-refractivity contribution in [1.29, 1.82) is 0 Å². The van der Waals surface area contributed by atoms with Crippen LogP contribution in [-0.4, -0.2) is 50.5 Å². The second kappa shape index (κ2) is 9.05. The lowest BCUT2D eigenvalue weighted by atomic mass is 9.78. The second-order valence-electron chi connectivity index (χ2n) is 7.12. The molecule has 1 rings (SSSR count). The van der Waals surface area contributed by atoms with Crippen molar-refractivity contribution in [3.63, 3.8) is 0 Å². The summed E-state index contributed by atoms with van der Waals surface area (Å²) < 4.78 is 17.9. The van der Waals surface area contributed by atoms with Crippen LogP contribution in [0, 0.1) is 11.3 Å². The predicted octanol–water partition coefficient (Wildman–Crippen LogP) is 1.60. The van der Waals surface area contributed by atoms with Crippen molar-refractivity contribution in [3.8, 4) is 0 Å². The van der Waals surface area contributed by atoms with Crippen LogP contribution >= 0.6 is 0 Å². The number of halogens is 1. The fourth-order valence-electron chi connectivity index (χ4n) is 2.87. The number of urea groups is 1. The number of nitrogens with one attached hydrogen (secondary N) is 3. The van der Waals surface area contributed by atoms with Gasteiger partial charge in [-0.05, 0) is 25.2 Å². The zero-order valence-corrected chi connectivity index (χ0v) is 14.6. The molecule has 0 aromatic carbocycles. The minimum Gasteiger partial charge on any atom is -0.377 e. The summed E-state index contributed by atoms with van der Waals surface area (Å²) in [6.45, 7) is 8.56. The topological polar surface area (TPSA) is 79.5 Å². The van der Waals surface area contributed by atoms with Crippen LogP contribution in [0.5, 0.6) is 0 Å². The molecule has 6 nitrogen and oxygen atoms in total. The van der Waals surface area contributed by atoms with Gasteiger partial charge in [-0.1, -0.05) is 20.8 Å². The van der Waals surface area contributed by atoms with Crippen LogP contribution in [0.25, 0.3) is 0 Å². The van der Waals surface area contributed by atoms with Crippen LogP contribution in [0.4, 0.5) is 9.18 Å². The van der Waals surface area contributed by atoms with Gasteiger partial charge in [-0.15, -0.1) is 0 Å². The van der Waals surface area contributed by atoms with Gasteiger partial charge in [0, 0.05) is 25.6 Å². The molecular formula is C16H30FN3O3. The standard InChI is InChI=1S/C16H30FN3O3/c1-11(14(21)18-8-7-17)20-15(22)19-10-12-6-5-9-23-13(12)16(2,3)4/h11-13H,5-10H2,1-4H3,(H,18,21)(H2,19,20,22)/t11-,12-,13-/m0/s1. The fourth-order valence-corrected chi connectivity index (χ4v) is 2.87. The normalized spacial score (nSPS) is 23.0. The number of carbonyl (C=O) groups excluding carboxylic acids is 2. The smallest absolute Gasteiger partial charge is 0.315 e. The molecule has 0 bridgehead atoms. The Bertz CT molecular complexity index is 399. The number of rotatable bonds is 6. The molecule has 0 aromatic rings. The van der Waals surface area contributed by atoms with Crippen LogP contribution in [0.3, 0.4) is 0 Å². The van der Waals surface area contributed by atoms with E-state index in [1.54, 1.807) is 6.92 Å². The van der Waals surface area contributed by atoms with Gasteiger partial charge in [0.25, 0.3) is 0 Å². The van der Waals surface area contributed by atoms with Gasteiger partial charge in [0.05, 0.1) is 6.10 Å². The van der Waals surface area contributed by atoms with Gasteiger partial charge >= 0.3 is 6.03 Å². The highest BCUT2D eigenvalue weighted by molar-refractivity contribution is 5.86. The number of hydrogen-bond acceptors (Lipinski definition) is 3. The van der Waals surface area contributed by atoms with Crippen molar-refractivity contribution < 1.29 is 18.7 Å². The monoisotopic (exact) mass is 331 g/mol. The minimum absolute atomic E-state index is 0.0167. The molecule has 1 fully saturated rings. The van der Waals surface area contributed by atoms with E-state index in [2.05, 4.69) is 36.7 Å². The molecule has 0 unspecified atom stereocenters. The lowest BCUT2D eigenvalue weighted by Crippen LogP contribution is -2.51. The van der Waals surface area contributed by atoms with E-state index in [0.29, 0.717) is 6.54 Å². The summed E-state index contributed by atoms with van der Waals surface area (Å²) in [6, 6.07) is -1.10. The molecule has 3 N–H and O–H groups in total. The molecule has 7 heteroatoms. The van der Waals surface area contributed by atoms with Gasteiger partial charge in [-0.2, -0.15) is 0 Å². The summed E-state index contributed by atoms with van der Waals surface area (Å²) in [6.07, 6.45) is 2.10. The van der Waals surface area contributed by atoms with E-state index in [0.717, 1.165) is 19.4 Å². The van der Waals surface area contributed by atoms with Gasteiger partial charge in [0.1, 0.15) is 12.7 Å². The van der Waals surface area contributed by atoms with Crippen molar-refractivity contribution in [1.82, 2.24) is 16.0 Å². The number of amides is 3. The van der Waals surface area contributed by atoms with E-state index in [-0.39, 0.29) is 24.0 Å². The number of ether oxygens (including phenoxy) is 1. The molecule has 23 heavy (non-hydrogen) atoms. The number of alkyl halides is 1. The molecule has 0 aromatic heterocycles. The molecule has 3 atom stereocenters. The van der Waals surface area contributed by atoms with Crippen LogP contribution in [-0.2, 0) is 9.53 Å². The van der Waals surface area contributed by atoms with E-state index >= 15 is 0 Å². The van der Waals surface area contributed by atoms with Crippen molar-refractivity contribution in [3.05, 3.63) is 0 Å². The van der Waals surface area contributed by atoms with Crippen LogP contribution in [0.1, 0.15) is 40.5 Å². The Morgan fingerprint density at radius 1 is 1.30 bits per heavy atom. The zero-order valence-electron chi connectivity index (χ0n) is 14.6. The molecule has 0 spiro atoms. The maximum atomic E-state index is 12.0. The third-order valence-corrected chi connectivity index (χ3v) is 3.96. The molecule has 1 saturated heterocycles. The zero-order chi connectivity index (χ0) is 17.5. The third-order valence-electron chi connectivity index (χ3n) is 3.96. The van der Waals surface area contributed by atoms with E-state index in [1.807, 2.05) is 0 Å². The van der Waals surface area contributed by atoms with E-state index < -0.39 is 24.7 Å². The van der Waals surface area contributed by atoms with Crippen molar-refractivity contribution in [2.24, 2.45) is 11.3 Å². The lowest BCUT2D eigenvalue weighted by Gasteiger charge is -2.40. The molecule has 0 radical (unpaired) electrons. The highest BCUT2D eigenvalue weighted by Crippen LogP contribution is 2.33. The molecule has 0 aliphatic carbocycles. The molecule has 134 valence electrons. The predicted molar refractivity (Wildman–Crippen MR) is 86.9 cm³/mol. The first-order valence-electron chi connectivity index (χ1n) is 8.25. The maximum absolute atomic E-state index is 12.0. The summed E-state index contributed by atoms with van der Waals surface area (Å²) in [4.78, 5) is 23.5. The summed E-state index contributed by atoms with van der Waals surface area (Å²) in [5.41, 5.74) is 0.0167. The molecule has 3 amide bonds. The summed E-state index contributed by atoms with van der Waals surface area (Å²) in [5.74, 6) is -0.142. The van der Waals surface area contributed by atoms with E-state index in [1.165, 1.54) is 0 Å². The van der Waals surface area contributed by atoms with E-state index in [4.69, 9.17) is 4.74 Å². The van der Waals surface area contributed by atoms with Crippen molar-refractivity contribution >= 4 is 11.9 Å². The lowest BCUT2D eigenvalue weighted by molar-refractivity contribution is -0.122. The Hall–Kier alpha value is -1.37. The highest BCUT2D eigenvalue weighted by Gasteiger charge is 2.35. The number of carbonyl (C=O) groups is 2. The van der Waals surface area contributed by atoms with Gasteiger partial charge in [-0.3, -0.25) is 4.79 Å². The summed E-state index contributed by atoms with van der Waals surface area (Å²) >= 11 is 0. The summed E-state index contributed by atoms with van der Waals surface area (Å²) in [5, 5.41) is 7.76. The first kappa shape index (κ1) is 19.7. The third kappa shape index (κ3) is 6.72. The quantitative estimate of drug-likeness (QED) is 0.692. The summed E-state index contributed by atoms with van der Waals surface area (Å²) in [7, 11) is 0. The first-order valence-corrected chi connectivity index (χ1v) is 8.25. The molecule has 1 aliphatic heterocycles. The average molecular weight is 331 g/mol. The van der Waals surface area contributed by atoms with Crippen molar-refractivity contribution in [2.45, 2.75) is 52.7 Å². The highest BCUT2D eigenvalue weighted by atomic mass is 19.1. The largest absolute Gasteiger partial charge is 0.377 e. The fraction of sp³-hybridized carbons (Fsp3) is 0.875. The Kier molecular flexibility index (Phi) is 7.75. The molecule has 1 aliphatic rings. The Morgan fingerprint density at radius 2 is 2.00 bits per heavy atom. The molecule has 0 saturated carbocycles. The SMILES string of the molecule is C[C@H](NC(=O)NC[C@@H]1CCCO[C@@H]1C(C)(C)C)C(=O)NCCF. The second-order valence-corrected chi connectivity index (χ2v) is 7.12. The van der Waals surface area contributed by atoms with Crippen LogP contribution in [0.15, 0.2) is 0 Å². The Morgan fingerprint density at radius 3 is 2.61 bits per heavy atom. The van der Waals surface area contributed by atoms with E-state index in [9.17, 15) is 14.0 Å². The Balaban J connectivity index is 2.40. The van der Waals surface area contributed by atoms with Gasteiger partial charge in [0.2, 0.25) is 5.91 Å². The van der Waals surface area contributed by atoms with Crippen molar-refractivity contribution in [2.75, 3.05) is 26.4 Å². The maximum Gasteiger partial charge on any atom is 0.315 e. The average Bonchev–Trinajstić information content (AvgIpc) is 2.49. The molecular weight excluding hydrogens is 301 g/mol.